The minimum absolute atomic E-state index is 0.152. The first-order valence-corrected chi connectivity index (χ1v) is 8.42. The molecule has 0 aromatic rings. The molecule has 2 aliphatic heterocycles. The molecular weight excluding hydrogens is 246 g/mol. The van der Waals surface area contributed by atoms with E-state index in [-0.39, 0.29) is 5.60 Å². The number of nitrogens with one attached hydrogen (secondary N) is 1. The number of rotatable bonds is 5. The first kappa shape index (κ1) is 14.6. The van der Waals surface area contributed by atoms with Crippen molar-refractivity contribution in [2.24, 2.45) is 0 Å². The number of hydrogen-bond donors (Lipinski definition) is 1. The molecule has 0 bridgehead atoms. The number of thioether (sulfide) groups is 1. The first-order valence-electron chi connectivity index (χ1n) is 7.27. The van der Waals surface area contributed by atoms with Crippen LogP contribution >= 0.6 is 11.8 Å². The van der Waals surface area contributed by atoms with Crippen LogP contribution < -0.4 is 5.32 Å². The van der Waals surface area contributed by atoms with Gasteiger partial charge in [0.05, 0.1) is 18.3 Å². The van der Waals surface area contributed by atoms with Crippen molar-refractivity contribution in [2.45, 2.75) is 57.3 Å². The fraction of sp³-hybridized carbons (Fsp3) is 1.00. The number of ether oxygens (including phenoxy) is 2. The standard InChI is InChI=1S/C14H27NO2S/c1-12(2)15-6-8-16-13-3-7-17-14(11-13)4-9-18-10-5-14/h12-13,15H,3-11H2,1-2H3. The van der Waals surface area contributed by atoms with E-state index in [4.69, 9.17) is 9.47 Å². The minimum atomic E-state index is 0.152. The van der Waals surface area contributed by atoms with Crippen LogP contribution in [0.3, 0.4) is 0 Å². The van der Waals surface area contributed by atoms with Gasteiger partial charge in [0.2, 0.25) is 0 Å². The summed E-state index contributed by atoms with van der Waals surface area (Å²) in [5, 5.41) is 3.40. The molecule has 0 aromatic heterocycles. The van der Waals surface area contributed by atoms with E-state index in [1.165, 1.54) is 24.3 Å². The van der Waals surface area contributed by atoms with Gasteiger partial charge in [-0.05, 0) is 30.8 Å². The third-order valence-electron chi connectivity index (χ3n) is 3.86. The maximum atomic E-state index is 6.07. The van der Waals surface area contributed by atoms with Crippen LogP contribution in [0, 0.1) is 0 Å². The molecule has 0 aliphatic carbocycles. The van der Waals surface area contributed by atoms with E-state index in [0.29, 0.717) is 12.1 Å². The Morgan fingerprint density at radius 3 is 2.89 bits per heavy atom. The average molecular weight is 273 g/mol. The maximum absolute atomic E-state index is 6.07. The van der Waals surface area contributed by atoms with Gasteiger partial charge in [-0.3, -0.25) is 0 Å². The van der Waals surface area contributed by atoms with Gasteiger partial charge < -0.3 is 14.8 Å². The maximum Gasteiger partial charge on any atom is 0.0723 e. The molecule has 1 spiro atoms. The lowest BCUT2D eigenvalue weighted by atomic mass is 9.86. The molecule has 0 saturated carbocycles. The van der Waals surface area contributed by atoms with Crippen LogP contribution in [0.2, 0.25) is 0 Å². The summed E-state index contributed by atoms with van der Waals surface area (Å²) in [4.78, 5) is 0. The zero-order chi connectivity index (χ0) is 12.8. The molecule has 0 amide bonds. The van der Waals surface area contributed by atoms with Gasteiger partial charge in [0.25, 0.3) is 0 Å². The molecule has 2 saturated heterocycles. The van der Waals surface area contributed by atoms with Crippen molar-refractivity contribution >= 4 is 11.8 Å². The Labute approximate surface area is 115 Å². The van der Waals surface area contributed by atoms with Gasteiger partial charge >= 0.3 is 0 Å². The SMILES string of the molecule is CC(C)NCCOC1CCOC2(CCSCC2)C1. The van der Waals surface area contributed by atoms with Crippen molar-refractivity contribution in [1.29, 1.82) is 0 Å². The Morgan fingerprint density at radius 1 is 1.39 bits per heavy atom. The lowest BCUT2D eigenvalue weighted by molar-refractivity contribution is -0.136. The van der Waals surface area contributed by atoms with Gasteiger partial charge in [-0.25, -0.2) is 0 Å². The predicted octanol–water partition coefficient (Wildman–Crippen LogP) is 2.45. The quantitative estimate of drug-likeness (QED) is 0.780. The molecule has 2 rings (SSSR count). The van der Waals surface area contributed by atoms with Crippen molar-refractivity contribution < 1.29 is 9.47 Å². The van der Waals surface area contributed by atoms with Gasteiger partial charge in [0.15, 0.2) is 0 Å². The third kappa shape index (κ3) is 4.41. The Bertz CT molecular complexity index is 236. The lowest BCUT2D eigenvalue weighted by Crippen LogP contribution is -2.45. The Balaban J connectivity index is 1.69. The van der Waals surface area contributed by atoms with Gasteiger partial charge in [-0.2, -0.15) is 11.8 Å². The van der Waals surface area contributed by atoms with Crippen LogP contribution in [-0.2, 0) is 9.47 Å². The van der Waals surface area contributed by atoms with Gasteiger partial charge in [0.1, 0.15) is 0 Å². The van der Waals surface area contributed by atoms with Crippen molar-refractivity contribution in [3.05, 3.63) is 0 Å². The normalized spacial score (nSPS) is 27.8. The van der Waals surface area contributed by atoms with Crippen LogP contribution in [0.15, 0.2) is 0 Å². The molecule has 2 aliphatic rings. The fourth-order valence-electron chi connectivity index (χ4n) is 2.79. The summed E-state index contributed by atoms with van der Waals surface area (Å²) in [6, 6.07) is 0.546. The van der Waals surface area contributed by atoms with Crippen LogP contribution in [0.4, 0.5) is 0 Å². The van der Waals surface area contributed by atoms with Gasteiger partial charge in [-0.15, -0.1) is 0 Å². The van der Waals surface area contributed by atoms with Crippen LogP contribution in [0.25, 0.3) is 0 Å². The molecule has 1 N–H and O–H groups in total. The molecule has 2 heterocycles. The molecule has 18 heavy (non-hydrogen) atoms. The molecular formula is C14H27NO2S. The smallest absolute Gasteiger partial charge is 0.0723 e. The van der Waals surface area contributed by atoms with Crippen LogP contribution in [-0.4, -0.2) is 49.0 Å². The van der Waals surface area contributed by atoms with Crippen LogP contribution in [0.1, 0.15) is 39.5 Å². The highest BCUT2D eigenvalue weighted by molar-refractivity contribution is 7.99. The number of hydrogen-bond acceptors (Lipinski definition) is 4. The van der Waals surface area contributed by atoms with Crippen molar-refractivity contribution in [3.8, 4) is 0 Å². The summed E-state index contributed by atoms with van der Waals surface area (Å²) >= 11 is 2.06. The summed E-state index contributed by atoms with van der Waals surface area (Å²) in [5.41, 5.74) is 0.152. The van der Waals surface area contributed by atoms with Crippen molar-refractivity contribution in [1.82, 2.24) is 5.32 Å². The first-order chi connectivity index (χ1) is 8.70. The molecule has 0 aromatic carbocycles. The zero-order valence-corrected chi connectivity index (χ0v) is 12.6. The summed E-state index contributed by atoms with van der Waals surface area (Å²) < 4.78 is 12.1. The highest BCUT2D eigenvalue weighted by Gasteiger charge is 2.38. The van der Waals surface area contributed by atoms with Gasteiger partial charge in [0, 0.05) is 25.6 Å². The molecule has 2 fully saturated rings. The second-order valence-corrected chi connectivity index (χ2v) is 6.96. The molecule has 4 heteroatoms. The lowest BCUT2D eigenvalue weighted by Gasteiger charge is -2.43. The Morgan fingerprint density at radius 2 is 2.17 bits per heavy atom. The van der Waals surface area contributed by atoms with E-state index in [1.54, 1.807) is 0 Å². The van der Waals surface area contributed by atoms with E-state index in [1.807, 2.05) is 0 Å². The predicted molar refractivity (Wildman–Crippen MR) is 77.4 cm³/mol. The van der Waals surface area contributed by atoms with Gasteiger partial charge in [-0.1, -0.05) is 13.8 Å². The molecule has 106 valence electrons. The second kappa shape index (κ2) is 7.13. The Kier molecular flexibility index (Phi) is 5.80. The van der Waals surface area contributed by atoms with E-state index in [2.05, 4.69) is 30.9 Å². The van der Waals surface area contributed by atoms with E-state index in [9.17, 15) is 0 Å². The molecule has 3 nitrogen and oxygen atoms in total. The summed E-state index contributed by atoms with van der Waals surface area (Å²) in [6.07, 6.45) is 5.01. The largest absolute Gasteiger partial charge is 0.377 e. The fourth-order valence-corrected chi connectivity index (χ4v) is 4.03. The molecule has 1 unspecified atom stereocenters. The average Bonchev–Trinajstić information content (AvgIpc) is 2.36. The third-order valence-corrected chi connectivity index (χ3v) is 4.85. The summed E-state index contributed by atoms with van der Waals surface area (Å²) in [6.45, 7) is 7.00. The van der Waals surface area contributed by atoms with E-state index < -0.39 is 0 Å². The highest BCUT2D eigenvalue weighted by atomic mass is 32.2. The highest BCUT2D eigenvalue weighted by Crippen LogP contribution is 2.38. The summed E-state index contributed by atoms with van der Waals surface area (Å²) in [7, 11) is 0. The molecule has 1 atom stereocenters. The minimum Gasteiger partial charge on any atom is -0.377 e. The molecule has 0 radical (unpaired) electrons. The van der Waals surface area contributed by atoms with E-state index in [0.717, 1.165) is 32.6 Å². The summed E-state index contributed by atoms with van der Waals surface area (Å²) in [5.74, 6) is 2.50. The zero-order valence-electron chi connectivity index (χ0n) is 11.7. The van der Waals surface area contributed by atoms with E-state index >= 15 is 0 Å². The van der Waals surface area contributed by atoms with Crippen molar-refractivity contribution in [3.63, 3.8) is 0 Å². The topological polar surface area (TPSA) is 30.5 Å². The van der Waals surface area contributed by atoms with Crippen LogP contribution in [0.5, 0.6) is 0 Å². The Hall–Kier alpha value is 0.230. The second-order valence-electron chi connectivity index (χ2n) is 5.74. The van der Waals surface area contributed by atoms with Crippen molar-refractivity contribution in [2.75, 3.05) is 31.3 Å². The monoisotopic (exact) mass is 273 g/mol.